The lowest BCUT2D eigenvalue weighted by Crippen LogP contribution is -2.50. The fraction of sp³-hybridized carbons (Fsp3) is 0.529. The molecule has 6 nitrogen and oxygen atoms in total. The molecule has 2 rings (SSSR count). The zero-order valence-corrected chi connectivity index (χ0v) is 16.7. The lowest BCUT2D eigenvalue weighted by Gasteiger charge is -2.35. The summed E-state index contributed by atoms with van der Waals surface area (Å²) in [6.45, 7) is 2.34. The van der Waals surface area contributed by atoms with Gasteiger partial charge in [-0.05, 0) is 50.2 Å². The van der Waals surface area contributed by atoms with E-state index in [1.807, 2.05) is 24.3 Å². The number of benzene rings is 1. The molecule has 2 amide bonds. The Hall–Kier alpha value is -1.15. The molecular formula is C17H25BrClN3O3. The summed E-state index contributed by atoms with van der Waals surface area (Å²) >= 11 is 3.35. The van der Waals surface area contributed by atoms with Crippen LogP contribution in [0, 0.1) is 5.41 Å². The van der Waals surface area contributed by atoms with Crippen molar-refractivity contribution in [3.63, 3.8) is 0 Å². The standard InChI is InChI=1S/C17H24BrN3O3.ClH/c1-24-12-17(7-10-19-11-8-17)16(23)20-9-6-15(22)21-14-4-2-13(18)3-5-14;/h2-5,19H,6-12H2,1H3,(H,20,23)(H,21,22);1H. The number of rotatable bonds is 7. The average Bonchev–Trinajstić information content (AvgIpc) is 2.58. The van der Waals surface area contributed by atoms with Crippen LogP contribution in [0.5, 0.6) is 0 Å². The summed E-state index contributed by atoms with van der Waals surface area (Å²) in [5, 5.41) is 8.96. The van der Waals surface area contributed by atoms with E-state index in [4.69, 9.17) is 4.74 Å². The molecule has 1 heterocycles. The van der Waals surface area contributed by atoms with Crippen molar-refractivity contribution < 1.29 is 14.3 Å². The SMILES string of the molecule is COCC1(C(=O)NCCC(=O)Nc2ccc(Br)cc2)CCNCC1.Cl. The van der Waals surface area contributed by atoms with Gasteiger partial charge in [0.25, 0.3) is 0 Å². The van der Waals surface area contributed by atoms with Crippen molar-refractivity contribution in [2.24, 2.45) is 5.41 Å². The summed E-state index contributed by atoms with van der Waals surface area (Å²) in [6, 6.07) is 7.37. The smallest absolute Gasteiger partial charge is 0.228 e. The first kappa shape index (κ1) is 21.9. The van der Waals surface area contributed by atoms with Crippen LogP contribution in [0.15, 0.2) is 28.7 Å². The van der Waals surface area contributed by atoms with Gasteiger partial charge >= 0.3 is 0 Å². The van der Waals surface area contributed by atoms with E-state index >= 15 is 0 Å². The molecule has 0 radical (unpaired) electrons. The van der Waals surface area contributed by atoms with Crippen LogP contribution in [0.2, 0.25) is 0 Å². The lowest BCUT2D eigenvalue weighted by atomic mass is 9.78. The van der Waals surface area contributed by atoms with E-state index in [1.54, 1.807) is 7.11 Å². The summed E-state index contributed by atoms with van der Waals surface area (Å²) in [5.74, 6) is -0.147. The van der Waals surface area contributed by atoms with Crippen LogP contribution >= 0.6 is 28.3 Å². The molecule has 8 heteroatoms. The first-order valence-electron chi connectivity index (χ1n) is 8.09. The molecular weight excluding hydrogens is 410 g/mol. The van der Waals surface area contributed by atoms with E-state index in [1.165, 1.54) is 0 Å². The Balaban J connectivity index is 0.00000312. The van der Waals surface area contributed by atoms with Gasteiger partial charge in [-0.15, -0.1) is 12.4 Å². The number of carbonyl (C=O) groups excluding carboxylic acids is 2. The van der Waals surface area contributed by atoms with Crippen LogP contribution in [0.25, 0.3) is 0 Å². The highest BCUT2D eigenvalue weighted by Gasteiger charge is 2.39. The number of hydrogen-bond acceptors (Lipinski definition) is 4. The van der Waals surface area contributed by atoms with Crippen molar-refractivity contribution in [3.8, 4) is 0 Å². The molecule has 0 unspecified atom stereocenters. The fourth-order valence-electron chi connectivity index (χ4n) is 2.85. The third kappa shape index (κ3) is 6.58. The predicted molar refractivity (Wildman–Crippen MR) is 104 cm³/mol. The Morgan fingerprint density at radius 3 is 2.48 bits per heavy atom. The molecule has 0 atom stereocenters. The van der Waals surface area contributed by atoms with Gasteiger partial charge in [-0.2, -0.15) is 0 Å². The second-order valence-corrected chi connectivity index (χ2v) is 6.94. The van der Waals surface area contributed by atoms with Gasteiger partial charge in [0.05, 0.1) is 12.0 Å². The van der Waals surface area contributed by atoms with Crippen LogP contribution in [0.1, 0.15) is 19.3 Å². The van der Waals surface area contributed by atoms with Crippen molar-refractivity contribution in [2.75, 3.05) is 38.7 Å². The highest BCUT2D eigenvalue weighted by molar-refractivity contribution is 9.10. The van der Waals surface area contributed by atoms with Crippen LogP contribution in [0.3, 0.4) is 0 Å². The molecule has 1 saturated heterocycles. The zero-order chi connectivity index (χ0) is 17.4. The number of ether oxygens (including phenoxy) is 1. The second-order valence-electron chi connectivity index (χ2n) is 6.02. The summed E-state index contributed by atoms with van der Waals surface area (Å²) in [5.41, 5.74) is 0.256. The van der Waals surface area contributed by atoms with E-state index in [0.717, 1.165) is 36.1 Å². The predicted octanol–water partition coefficient (Wildman–Crippen LogP) is 2.33. The van der Waals surface area contributed by atoms with E-state index < -0.39 is 5.41 Å². The van der Waals surface area contributed by atoms with Crippen LogP contribution in [-0.4, -0.2) is 45.2 Å². The van der Waals surface area contributed by atoms with Gasteiger partial charge in [-0.1, -0.05) is 15.9 Å². The van der Waals surface area contributed by atoms with E-state index in [0.29, 0.717) is 13.2 Å². The highest BCUT2D eigenvalue weighted by Crippen LogP contribution is 2.29. The first-order chi connectivity index (χ1) is 11.6. The monoisotopic (exact) mass is 433 g/mol. The molecule has 0 saturated carbocycles. The normalized spacial score (nSPS) is 15.8. The first-order valence-corrected chi connectivity index (χ1v) is 8.88. The quantitative estimate of drug-likeness (QED) is 0.615. The van der Waals surface area contributed by atoms with Gasteiger partial charge in [-0.3, -0.25) is 9.59 Å². The summed E-state index contributed by atoms with van der Waals surface area (Å²) in [7, 11) is 1.61. The number of halogens is 2. The van der Waals surface area contributed by atoms with Gasteiger partial charge in [0.1, 0.15) is 0 Å². The molecule has 1 aromatic carbocycles. The lowest BCUT2D eigenvalue weighted by molar-refractivity contribution is -0.136. The number of amides is 2. The molecule has 1 aliphatic heterocycles. The fourth-order valence-corrected chi connectivity index (χ4v) is 3.12. The van der Waals surface area contributed by atoms with Crippen LogP contribution < -0.4 is 16.0 Å². The average molecular weight is 435 g/mol. The Kier molecular flexibility index (Phi) is 9.42. The Labute approximate surface area is 163 Å². The molecule has 1 aromatic rings. The number of hydrogen-bond donors (Lipinski definition) is 3. The Morgan fingerprint density at radius 1 is 1.24 bits per heavy atom. The maximum Gasteiger partial charge on any atom is 0.228 e. The topological polar surface area (TPSA) is 79.5 Å². The molecule has 140 valence electrons. The minimum Gasteiger partial charge on any atom is -0.384 e. The Bertz CT molecular complexity index is 557. The number of carbonyl (C=O) groups is 2. The molecule has 0 aliphatic carbocycles. The third-order valence-electron chi connectivity index (χ3n) is 4.23. The van der Waals surface area contributed by atoms with Gasteiger partial charge in [0, 0.05) is 30.2 Å². The van der Waals surface area contributed by atoms with Crippen molar-refractivity contribution in [1.82, 2.24) is 10.6 Å². The van der Waals surface area contributed by atoms with Crippen LogP contribution in [-0.2, 0) is 14.3 Å². The Morgan fingerprint density at radius 2 is 1.88 bits per heavy atom. The molecule has 1 aliphatic rings. The molecule has 1 fully saturated rings. The van der Waals surface area contributed by atoms with E-state index in [2.05, 4.69) is 31.9 Å². The maximum atomic E-state index is 12.5. The third-order valence-corrected chi connectivity index (χ3v) is 4.76. The van der Waals surface area contributed by atoms with Crippen LogP contribution in [0.4, 0.5) is 5.69 Å². The van der Waals surface area contributed by atoms with E-state index in [9.17, 15) is 9.59 Å². The maximum absolute atomic E-state index is 12.5. The summed E-state index contributed by atoms with van der Waals surface area (Å²) in [4.78, 5) is 24.5. The van der Waals surface area contributed by atoms with Crippen molar-refractivity contribution >= 4 is 45.8 Å². The minimum absolute atomic E-state index is 0. The number of piperidine rings is 1. The van der Waals surface area contributed by atoms with Crippen molar-refractivity contribution in [1.29, 1.82) is 0 Å². The van der Waals surface area contributed by atoms with Gasteiger partial charge in [-0.25, -0.2) is 0 Å². The summed E-state index contributed by atoms with van der Waals surface area (Å²) in [6.07, 6.45) is 1.73. The molecule has 25 heavy (non-hydrogen) atoms. The largest absolute Gasteiger partial charge is 0.384 e. The van der Waals surface area contributed by atoms with Crippen molar-refractivity contribution in [2.45, 2.75) is 19.3 Å². The van der Waals surface area contributed by atoms with E-state index in [-0.39, 0.29) is 30.6 Å². The van der Waals surface area contributed by atoms with Gasteiger partial charge < -0.3 is 20.7 Å². The summed E-state index contributed by atoms with van der Waals surface area (Å²) < 4.78 is 6.21. The molecule has 3 N–H and O–H groups in total. The highest BCUT2D eigenvalue weighted by atomic mass is 79.9. The zero-order valence-electron chi connectivity index (χ0n) is 14.3. The van der Waals surface area contributed by atoms with Gasteiger partial charge in [0.2, 0.25) is 11.8 Å². The number of anilines is 1. The second kappa shape index (κ2) is 10.8. The molecule has 0 aromatic heterocycles. The molecule has 0 bridgehead atoms. The number of methoxy groups -OCH3 is 1. The molecule has 0 spiro atoms. The van der Waals surface area contributed by atoms with Gasteiger partial charge in [0.15, 0.2) is 0 Å². The number of nitrogens with one attached hydrogen (secondary N) is 3. The van der Waals surface area contributed by atoms with Crippen molar-refractivity contribution in [3.05, 3.63) is 28.7 Å². The minimum atomic E-state index is -0.484.